The molecule has 2 N–H and O–H groups in total. The summed E-state index contributed by atoms with van der Waals surface area (Å²) in [5.41, 5.74) is 3.97. The minimum absolute atomic E-state index is 0.0367. The number of rotatable bonds is 4. The lowest BCUT2D eigenvalue weighted by atomic mass is 9.90. The van der Waals surface area contributed by atoms with E-state index in [9.17, 15) is 4.79 Å². The summed E-state index contributed by atoms with van der Waals surface area (Å²) < 4.78 is 0. The van der Waals surface area contributed by atoms with E-state index in [4.69, 9.17) is 0 Å². The molecule has 3 rings (SSSR count). The second-order valence-electron chi connectivity index (χ2n) is 5.75. The molecule has 1 unspecified atom stereocenters. The maximum absolute atomic E-state index is 12.1. The Kier molecular flexibility index (Phi) is 4.04. The Morgan fingerprint density at radius 1 is 1.33 bits per heavy atom. The molecule has 4 nitrogen and oxygen atoms in total. The fraction of sp³-hybridized carbons (Fsp3) is 0.412. The predicted molar refractivity (Wildman–Crippen MR) is 81.9 cm³/mol. The summed E-state index contributed by atoms with van der Waals surface area (Å²) in [6.45, 7) is 1.93. The molecule has 0 saturated heterocycles. The van der Waals surface area contributed by atoms with Crippen molar-refractivity contribution in [3.63, 3.8) is 0 Å². The molecule has 4 heteroatoms. The maximum atomic E-state index is 12.1. The number of amides is 1. The number of aryl methyl sites for hydroxylation is 2. The zero-order valence-electron chi connectivity index (χ0n) is 12.4. The molecule has 1 heterocycles. The third-order valence-corrected chi connectivity index (χ3v) is 4.08. The number of nitrogens with one attached hydrogen (secondary N) is 2. The summed E-state index contributed by atoms with van der Waals surface area (Å²) in [6.07, 6.45) is 8.76. The van der Waals surface area contributed by atoms with E-state index in [0.717, 1.165) is 17.8 Å². The van der Waals surface area contributed by atoms with Crippen molar-refractivity contribution in [3.8, 4) is 0 Å². The number of nitrogens with zero attached hydrogens (tertiary/aromatic N) is 1. The first-order chi connectivity index (χ1) is 10.2. The van der Waals surface area contributed by atoms with Gasteiger partial charge < -0.3 is 10.3 Å². The van der Waals surface area contributed by atoms with Gasteiger partial charge in [0.25, 0.3) is 0 Å². The highest BCUT2D eigenvalue weighted by molar-refractivity contribution is 5.79. The highest BCUT2D eigenvalue weighted by Gasteiger charge is 2.14. The average Bonchev–Trinajstić information content (AvgIpc) is 3.01. The summed E-state index contributed by atoms with van der Waals surface area (Å²) >= 11 is 0. The van der Waals surface area contributed by atoms with Gasteiger partial charge in [0.15, 0.2) is 0 Å². The zero-order valence-corrected chi connectivity index (χ0v) is 12.4. The van der Waals surface area contributed by atoms with Crippen molar-refractivity contribution >= 4 is 5.91 Å². The van der Waals surface area contributed by atoms with Gasteiger partial charge in [-0.3, -0.25) is 4.79 Å². The lowest BCUT2D eigenvalue weighted by molar-refractivity contribution is -0.121. The van der Waals surface area contributed by atoms with E-state index in [2.05, 4.69) is 33.5 Å². The minimum atomic E-state index is -0.0925. The Morgan fingerprint density at radius 2 is 2.14 bits per heavy atom. The van der Waals surface area contributed by atoms with Gasteiger partial charge in [-0.25, -0.2) is 4.98 Å². The van der Waals surface area contributed by atoms with Crippen molar-refractivity contribution < 1.29 is 4.79 Å². The fourth-order valence-corrected chi connectivity index (χ4v) is 2.96. The Hall–Kier alpha value is -2.10. The van der Waals surface area contributed by atoms with Gasteiger partial charge in [-0.2, -0.15) is 0 Å². The van der Waals surface area contributed by atoms with Crippen LogP contribution in [0, 0.1) is 0 Å². The molecule has 1 atom stereocenters. The van der Waals surface area contributed by atoms with Gasteiger partial charge in [-0.15, -0.1) is 0 Å². The number of imidazole rings is 1. The fourth-order valence-electron chi connectivity index (χ4n) is 2.96. The van der Waals surface area contributed by atoms with Crippen molar-refractivity contribution in [3.05, 3.63) is 53.1 Å². The molecule has 21 heavy (non-hydrogen) atoms. The van der Waals surface area contributed by atoms with E-state index in [1.165, 1.54) is 30.4 Å². The molecule has 1 aliphatic carbocycles. The van der Waals surface area contributed by atoms with Crippen LogP contribution in [0.25, 0.3) is 0 Å². The van der Waals surface area contributed by atoms with Crippen LogP contribution in [-0.2, 0) is 24.1 Å². The maximum Gasteiger partial charge on any atom is 0.224 e. The van der Waals surface area contributed by atoms with Crippen molar-refractivity contribution in [2.75, 3.05) is 0 Å². The molecule has 0 bridgehead atoms. The largest absolute Gasteiger partial charge is 0.347 e. The molecule has 1 aliphatic rings. The monoisotopic (exact) mass is 283 g/mol. The van der Waals surface area contributed by atoms with Crippen LogP contribution >= 0.6 is 0 Å². The number of fused-ring (bicyclic) bond motifs is 1. The van der Waals surface area contributed by atoms with Crippen molar-refractivity contribution in [1.82, 2.24) is 15.3 Å². The zero-order chi connectivity index (χ0) is 14.7. The van der Waals surface area contributed by atoms with Crippen molar-refractivity contribution in [2.45, 2.75) is 45.1 Å². The first-order valence-corrected chi connectivity index (χ1v) is 7.61. The molecule has 0 spiro atoms. The van der Waals surface area contributed by atoms with Crippen LogP contribution in [0.5, 0.6) is 0 Å². The number of hydrogen-bond acceptors (Lipinski definition) is 2. The van der Waals surface area contributed by atoms with Gasteiger partial charge >= 0.3 is 0 Å². The van der Waals surface area contributed by atoms with Crippen LogP contribution in [0.3, 0.4) is 0 Å². The molecule has 110 valence electrons. The third-order valence-electron chi connectivity index (χ3n) is 4.08. The van der Waals surface area contributed by atoms with E-state index in [1.54, 1.807) is 12.4 Å². The van der Waals surface area contributed by atoms with Gasteiger partial charge in [0, 0.05) is 12.4 Å². The normalized spacial score (nSPS) is 15.3. The first kappa shape index (κ1) is 13.9. The summed E-state index contributed by atoms with van der Waals surface area (Å²) in [6, 6.07) is 6.38. The summed E-state index contributed by atoms with van der Waals surface area (Å²) in [7, 11) is 0. The lowest BCUT2D eigenvalue weighted by Crippen LogP contribution is -2.28. The molecule has 1 aromatic heterocycles. The van der Waals surface area contributed by atoms with E-state index in [-0.39, 0.29) is 11.9 Å². The third kappa shape index (κ3) is 3.32. The van der Waals surface area contributed by atoms with Crippen LogP contribution in [0.1, 0.15) is 48.3 Å². The SMILES string of the molecule is CC(NC(=O)Cc1ccc2c(c1)CCCC2)c1ncc[nH]1. The minimum Gasteiger partial charge on any atom is -0.347 e. The van der Waals surface area contributed by atoms with Crippen molar-refractivity contribution in [2.24, 2.45) is 0 Å². The summed E-state index contributed by atoms with van der Waals surface area (Å²) in [4.78, 5) is 19.3. The molecule has 0 fully saturated rings. The Balaban J connectivity index is 1.62. The first-order valence-electron chi connectivity index (χ1n) is 7.61. The average molecular weight is 283 g/mol. The molecular weight excluding hydrogens is 262 g/mol. The molecule has 0 saturated carbocycles. The van der Waals surface area contributed by atoms with Gasteiger partial charge in [0.1, 0.15) is 5.82 Å². The number of aromatic amines is 1. The predicted octanol–water partition coefficient (Wildman–Crippen LogP) is 2.71. The lowest BCUT2D eigenvalue weighted by Gasteiger charge is -2.17. The second-order valence-corrected chi connectivity index (χ2v) is 5.75. The quantitative estimate of drug-likeness (QED) is 0.906. The standard InChI is InChI=1S/C17H21N3O/c1-12(17-18-8-9-19-17)20-16(21)11-13-6-7-14-4-2-3-5-15(14)10-13/h6-10,12H,2-5,11H2,1H3,(H,18,19)(H,20,21). The summed E-state index contributed by atoms with van der Waals surface area (Å²) in [5.74, 6) is 0.823. The molecule has 2 aromatic rings. The van der Waals surface area contributed by atoms with E-state index in [0.29, 0.717) is 6.42 Å². The van der Waals surface area contributed by atoms with E-state index < -0.39 is 0 Å². The number of hydrogen-bond donors (Lipinski definition) is 2. The molecular formula is C17H21N3O. The van der Waals surface area contributed by atoms with Gasteiger partial charge in [-0.1, -0.05) is 18.2 Å². The van der Waals surface area contributed by atoms with Gasteiger partial charge in [0.05, 0.1) is 12.5 Å². The number of carbonyl (C=O) groups excluding carboxylic acids is 1. The highest BCUT2D eigenvalue weighted by atomic mass is 16.1. The smallest absolute Gasteiger partial charge is 0.224 e. The number of carbonyl (C=O) groups is 1. The Morgan fingerprint density at radius 3 is 2.90 bits per heavy atom. The van der Waals surface area contributed by atoms with Crippen LogP contribution in [0.15, 0.2) is 30.6 Å². The molecule has 1 aromatic carbocycles. The number of H-pyrrole nitrogens is 1. The van der Waals surface area contributed by atoms with Gasteiger partial charge in [-0.05, 0) is 49.3 Å². The van der Waals surface area contributed by atoms with Crippen LogP contribution in [0.2, 0.25) is 0 Å². The summed E-state index contributed by atoms with van der Waals surface area (Å²) in [5, 5.41) is 2.98. The second kappa shape index (κ2) is 6.12. The van der Waals surface area contributed by atoms with Crippen LogP contribution < -0.4 is 5.32 Å². The van der Waals surface area contributed by atoms with Crippen LogP contribution in [-0.4, -0.2) is 15.9 Å². The number of benzene rings is 1. The Labute approximate surface area is 125 Å². The molecule has 0 aliphatic heterocycles. The topological polar surface area (TPSA) is 57.8 Å². The van der Waals surface area contributed by atoms with Crippen LogP contribution in [0.4, 0.5) is 0 Å². The number of aromatic nitrogens is 2. The molecule has 1 amide bonds. The van der Waals surface area contributed by atoms with E-state index in [1.807, 2.05) is 6.92 Å². The molecule has 0 radical (unpaired) electrons. The Bertz CT molecular complexity index is 619. The van der Waals surface area contributed by atoms with Crippen molar-refractivity contribution in [1.29, 1.82) is 0 Å². The van der Waals surface area contributed by atoms with Gasteiger partial charge in [0.2, 0.25) is 5.91 Å². The van der Waals surface area contributed by atoms with E-state index >= 15 is 0 Å². The highest BCUT2D eigenvalue weighted by Crippen LogP contribution is 2.22.